The second-order valence-corrected chi connectivity index (χ2v) is 12.0. The highest BCUT2D eigenvalue weighted by atomic mass is 32.2. The summed E-state index contributed by atoms with van der Waals surface area (Å²) < 4.78 is 35.6. The van der Waals surface area contributed by atoms with Gasteiger partial charge in [0.15, 0.2) is 0 Å². The minimum Gasteiger partial charge on any atom is -0.491 e. The number of nitrogens with zero attached hydrogens (tertiary/aromatic N) is 3. The van der Waals surface area contributed by atoms with E-state index in [9.17, 15) is 23.6 Å². The number of sulfonamides is 1. The van der Waals surface area contributed by atoms with Crippen molar-refractivity contribution in [2.45, 2.75) is 43.7 Å². The molecule has 39 heavy (non-hydrogen) atoms. The van der Waals surface area contributed by atoms with Crippen LogP contribution in [0.1, 0.15) is 37.3 Å². The van der Waals surface area contributed by atoms with Crippen molar-refractivity contribution in [3.05, 3.63) is 84.1 Å². The van der Waals surface area contributed by atoms with Gasteiger partial charge in [-0.3, -0.25) is 4.79 Å². The van der Waals surface area contributed by atoms with Crippen molar-refractivity contribution in [1.82, 2.24) is 8.87 Å². The average Bonchev–Trinajstić information content (AvgIpc) is 3.54. The summed E-state index contributed by atoms with van der Waals surface area (Å²) in [5.74, 6) is -0.419. The maximum atomic E-state index is 13.4. The van der Waals surface area contributed by atoms with Crippen LogP contribution in [-0.2, 0) is 21.4 Å². The molecule has 1 atom stereocenters. The number of carboxylic acid groups (broad SMARTS) is 1. The first-order chi connectivity index (χ1) is 18.7. The van der Waals surface area contributed by atoms with Crippen LogP contribution in [0.3, 0.4) is 0 Å². The molecule has 3 aromatic carbocycles. The van der Waals surface area contributed by atoms with Crippen LogP contribution in [0.25, 0.3) is 22.0 Å². The zero-order valence-electron chi connectivity index (χ0n) is 21.7. The topological polar surface area (TPSA) is 113 Å². The lowest BCUT2D eigenvalue weighted by molar-refractivity contribution is -0.137. The Morgan fingerprint density at radius 1 is 1.10 bits per heavy atom. The molecule has 1 fully saturated rings. The number of ether oxygens (including phenoxy) is 1. The SMILES string of the molecule is CC(C)Oc1ccc(S(=O)(=O)N2CCC(c3cn(CC(=O)O)c4cc(-c5cccc(C#N)c5)ccc34)C2)cc1. The quantitative estimate of drug-likeness (QED) is 0.326. The van der Waals surface area contributed by atoms with E-state index in [4.69, 9.17) is 4.74 Å². The Balaban J connectivity index is 1.45. The zero-order chi connectivity index (χ0) is 27.7. The Bertz CT molecular complexity index is 1680. The van der Waals surface area contributed by atoms with Crippen LogP contribution in [0.5, 0.6) is 5.75 Å². The van der Waals surface area contributed by atoms with E-state index in [0.717, 1.165) is 27.6 Å². The molecular formula is C30H29N3O5S. The lowest BCUT2D eigenvalue weighted by Gasteiger charge is -2.17. The van der Waals surface area contributed by atoms with E-state index in [0.29, 0.717) is 30.8 Å². The van der Waals surface area contributed by atoms with Crippen molar-refractivity contribution in [2.24, 2.45) is 0 Å². The molecule has 1 unspecified atom stereocenters. The molecule has 9 heteroatoms. The molecular weight excluding hydrogens is 514 g/mol. The number of benzene rings is 3. The lowest BCUT2D eigenvalue weighted by Crippen LogP contribution is -2.28. The number of hydrogen-bond acceptors (Lipinski definition) is 5. The van der Waals surface area contributed by atoms with Gasteiger partial charge in [0.1, 0.15) is 12.3 Å². The van der Waals surface area contributed by atoms with Gasteiger partial charge in [-0.2, -0.15) is 9.57 Å². The molecule has 8 nitrogen and oxygen atoms in total. The average molecular weight is 544 g/mol. The van der Waals surface area contributed by atoms with Crippen molar-refractivity contribution < 1.29 is 23.1 Å². The van der Waals surface area contributed by atoms with Crippen molar-refractivity contribution in [1.29, 1.82) is 5.26 Å². The minimum atomic E-state index is -3.69. The summed E-state index contributed by atoms with van der Waals surface area (Å²) in [6.45, 7) is 4.30. The fourth-order valence-corrected chi connectivity index (χ4v) is 6.68. The third-order valence-corrected chi connectivity index (χ3v) is 8.85. The van der Waals surface area contributed by atoms with E-state index in [1.54, 1.807) is 41.0 Å². The molecule has 0 aliphatic carbocycles. The van der Waals surface area contributed by atoms with E-state index >= 15 is 0 Å². The third-order valence-electron chi connectivity index (χ3n) is 6.97. The summed E-state index contributed by atoms with van der Waals surface area (Å²) in [6, 6.07) is 21.7. The molecule has 5 rings (SSSR count). The van der Waals surface area contributed by atoms with Crippen molar-refractivity contribution in [3.63, 3.8) is 0 Å². The lowest BCUT2D eigenvalue weighted by atomic mass is 9.96. The van der Waals surface area contributed by atoms with Gasteiger partial charge in [-0.05, 0) is 79.4 Å². The first kappa shape index (κ1) is 26.5. The highest BCUT2D eigenvalue weighted by molar-refractivity contribution is 7.89. The Morgan fingerprint density at radius 2 is 1.85 bits per heavy atom. The summed E-state index contributed by atoms with van der Waals surface area (Å²) in [6.07, 6.45) is 2.47. The predicted molar refractivity (Wildman–Crippen MR) is 148 cm³/mol. The van der Waals surface area contributed by atoms with Gasteiger partial charge in [0, 0.05) is 36.1 Å². The van der Waals surface area contributed by atoms with Gasteiger partial charge in [-0.25, -0.2) is 8.42 Å². The molecule has 0 bridgehead atoms. The standard InChI is InChI=1S/C30H29N3O5S/c1-20(2)38-25-7-9-26(10-8-25)39(36,37)33-13-12-24(17-33)28-18-32(19-30(34)35)29-15-23(6-11-27(28)29)22-5-3-4-21(14-22)16-31/h3-11,14-15,18,20,24H,12-13,17,19H2,1-2H3,(H,34,35). The second kappa shape index (κ2) is 10.6. The van der Waals surface area contributed by atoms with Crippen LogP contribution < -0.4 is 4.74 Å². The van der Waals surface area contributed by atoms with Crippen LogP contribution in [-0.4, -0.2) is 47.6 Å². The molecule has 1 saturated heterocycles. The first-order valence-corrected chi connectivity index (χ1v) is 14.2. The van der Waals surface area contributed by atoms with Gasteiger partial charge in [0.05, 0.1) is 22.6 Å². The summed E-state index contributed by atoms with van der Waals surface area (Å²) in [5.41, 5.74) is 3.97. The number of rotatable bonds is 8. The molecule has 4 aromatic rings. The molecule has 1 aliphatic heterocycles. The summed E-state index contributed by atoms with van der Waals surface area (Å²) in [4.78, 5) is 11.9. The molecule has 200 valence electrons. The third kappa shape index (κ3) is 5.39. The second-order valence-electron chi connectivity index (χ2n) is 10.0. The number of aromatic nitrogens is 1. The van der Waals surface area contributed by atoms with Gasteiger partial charge in [0.2, 0.25) is 10.0 Å². The molecule has 1 aromatic heterocycles. The van der Waals surface area contributed by atoms with E-state index in [1.165, 1.54) is 4.31 Å². The molecule has 0 amide bonds. The van der Waals surface area contributed by atoms with Gasteiger partial charge in [-0.15, -0.1) is 0 Å². The van der Waals surface area contributed by atoms with Gasteiger partial charge < -0.3 is 14.4 Å². The van der Waals surface area contributed by atoms with E-state index in [-0.39, 0.29) is 23.5 Å². The number of nitriles is 1. The minimum absolute atomic E-state index is 0.00570. The van der Waals surface area contributed by atoms with Crippen LogP contribution in [0, 0.1) is 11.3 Å². The Kier molecular flexibility index (Phi) is 7.17. The molecule has 0 spiro atoms. The Hall–Kier alpha value is -4.13. The molecule has 1 N–H and O–H groups in total. The summed E-state index contributed by atoms with van der Waals surface area (Å²) in [5, 5.41) is 19.7. The largest absolute Gasteiger partial charge is 0.491 e. The highest BCUT2D eigenvalue weighted by Gasteiger charge is 2.34. The number of aliphatic carboxylic acids is 1. The maximum Gasteiger partial charge on any atom is 0.323 e. The predicted octanol–water partition coefficient (Wildman–Crippen LogP) is 5.23. The van der Waals surface area contributed by atoms with E-state index < -0.39 is 16.0 Å². The Labute approximate surface area is 227 Å². The van der Waals surface area contributed by atoms with Crippen LogP contribution in [0.4, 0.5) is 0 Å². The number of fused-ring (bicyclic) bond motifs is 1. The van der Waals surface area contributed by atoms with Gasteiger partial charge in [-0.1, -0.05) is 24.3 Å². The maximum absolute atomic E-state index is 13.4. The molecule has 0 radical (unpaired) electrons. The number of carbonyl (C=O) groups is 1. The summed E-state index contributed by atoms with van der Waals surface area (Å²) >= 11 is 0. The molecule has 2 heterocycles. The molecule has 1 aliphatic rings. The zero-order valence-corrected chi connectivity index (χ0v) is 22.6. The normalized spacial score (nSPS) is 16.0. The van der Waals surface area contributed by atoms with Crippen molar-refractivity contribution >= 4 is 26.9 Å². The van der Waals surface area contributed by atoms with Gasteiger partial charge in [0.25, 0.3) is 0 Å². The van der Waals surface area contributed by atoms with Crippen LogP contribution >= 0.6 is 0 Å². The van der Waals surface area contributed by atoms with Crippen LogP contribution in [0.15, 0.2) is 77.8 Å². The molecule has 0 saturated carbocycles. The summed E-state index contributed by atoms with van der Waals surface area (Å²) in [7, 11) is -3.69. The van der Waals surface area contributed by atoms with E-state index in [1.807, 2.05) is 50.4 Å². The number of hydrogen-bond donors (Lipinski definition) is 1. The fraction of sp³-hybridized carbons (Fsp3) is 0.267. The Morgan fingerprint density at radius 3 is 2.54 bits per heavy atom. The van der Waals surface area contributed by atoms with Crippen molar-refractivity contribution in [3.8, 4) is 22.9 Å². The fourth-order valence-electron chi connectivity index (χ4n) is 5.18. The van der Waals surface area contributed by atoms with Crippen molar-refractivity contribution in [2.75, 3.05) is 13.1 Å². The van der Waals surface area contributed by atoms with E-state index in [2.05, 4.69) is 6.07 Å². The smallest absolute Gasteiger partial charge is 0.323 e. The number of carboxylic acids is 1. The van der Waals surface area contributed by atoms with Crippen LogP contribution in [0.2, 0.25) is 0 Å². The first-order valence-electron chi connectivity index (χ1n) is 12.8. The van der Waals surface area contributed by atoms with Gasteiger partial charge >= 0.3 is 5.97 Å². The monoisotopic (exact) mass is 543 g/mol. The highest BCUT2D eigenvalue weighted by Crippen LogP contribution is 2.37.